The van der Waals surface area contributed by atoms with E-state index in [4.69, 9.17) is 0 Å². The molecule has 0 fully saturated rings. The molecule has 5 heteroatoms. The molecule has 0 aliphatic carbocycles. The average Bonchev–Trinajstić information content (AvgIpc) is 2.49. The molecule has 110 valence electrons. The summed E-state index contributed by atoms with van der Waals surface area (Å²) in [6.07, 6.45) is 0. The van der Waals surface area contributed by atoms with Crippen molar-refractivity contribution in [1.29, 1.82) is 0 Å². The minimum Gasteiger partial charge on any atom is -0.322 e. The predicted molar refractivity (Wildman–Crippen MR) is 83.3 cm³/mol. The number of hydrogen-bond acceptors (Lipinski definition) is 3. The molecule has 0 radical (unpaired) electrons. The molecule has 0 aliphatic rings. The van der Waals surface area contributed by atoms with Crippen LogP contribution < -0.4 is 5.32 Å². The fourth-order valence-electron chi connectivity index (χ4n) is 1.92. The van der Waals surface area contributed by atoms with Gasteiger partial charge in [0.1, 0.15) is 0 Å². The van der Waals surface area contributed by atoms with Crippen molar-refractivity contribution in [1.82, 2.24) is 0 Å². The molecule has 0 aliphatic heterocycles. The van der Waals surface area contributed by atoms with E-state index in [-0.39, 0.29) is 16.2 Å². The zero-order valence-electron chi connectivity index (χ0n) is 12.0. The standard InChI is InChI=1S/C16H17NO3S/c1-3-21(19,20)15-7-5-4-6-14(15)16(18)17-13-10-8-12(2)9-11-13/h4-11H,3H2,1-2H3,(H,17,18). The third-order valence-corrected chi connectivity index (χ3v) is 4.94. The smallest absolute Gasteiger partial charge is 0.256 e. The molecule has 0 unspecified atom stereocenters. The molecule has 0 spiro atoms. The van der Waals surface area contributed by atoms with Crippen molar-refractivity contribution < 1.29 is 13.2 Å². The van der Waals surface area contributed by atoms with Crippen molar-refractivity contribution in [3.05, 3.63) is 59.7 Å². The molecule has 0 bridgehead atoms. The zero-order valence-corrected chi connectivity index (χ0v) is 12.8. The van der Waals surface area contributed by atoms with E-state index < -0.39 is 15.7 Å². The molecular formula is C16H17NO3S. The van der Waals surface area contributed by atoms with Crippen LogP contribution in [0.1, 0.15) is 22.8 Å². The van der Waals surface area contributed by atoms with Gasteiger partial charge in [0, 0.05) is 5.69 Å². The maximum Gasteiger partial charge on any atom is 0.256 e. The van der Waals surface area contributed by atoms with Crippen molar-refractivity contribution in [2.45, 2.75) is 18.7 Å². The van der Waals surface area contributed by atoms with E-state index in [0.29, 0.717) is 5.69 Å². The Labute approximate surface area is 124 Å². The van der Waals surface area contributed by atoms with Crippen LogP contribution in [-0.2, 0) is 9.84 Å². The van der Waals surface area contributed by atoms with Gasteiger partial charge in [-0.25, -0.2) is 8.42 Å². The van der Waals surface area contributed by atoms with Crippen LogP contribution in [0.3, 0.4) is 0 Å². The molecule has 0 aromatic heterocycles. The topological polar surface area (TPSA) is 63.2 Å². The number of benzene rings is 2. The van der Waals surface area contributed by atoms with Crippen LogP contribution >= 0.6 is 0 Å². The van der Waals surface area contributed by atoms with Gasteiger partial charge in [-0.2, -0.15) is 0 Å². The summed E-state index contributed by atoms with van der Waals surface area (Å²) in [5.74, 6) is -0.464. The summed E-state index contributed by atoms with van der Waals surface area (Å²) < 4.78 is 24.1. The Balaban J connectivity index is 2.34. The molecule has 2 aromatic rings. The van der Waals surface area contributed by atoms with Crippen molar-refractivity contribution in [3.8, 4) is 0 Å². The largest absolute Gasteiger partial charge is 0.322 e. The molecule has 21 heavy (non-hydrogen) atoms. The van der Waals surface area contributed by atoms with Gasteiger partial charge in [0.2, 0.25) is 0 Å². The lowest BCUT2D eigenvalue weighted by atomic mass is 10.2. The number of carbonyl (C=O) groups is 1. The lowest BCUT2D eigenvalue weighted by Gasteiger charge is -2.10. The molecule has 0 saturated heterocycles. The summed E-state index contributed by atoms with van der Waals surface area (Å²) in [6.45, 7) is 3.51. The number of amides is 1. The minimum atomic E-state index is -3.43. The van der Waals surface area contributed by atoms with Crippen molar-refractivity contribution in [3.63, 3.8) is 0 Å². The third kappa shape index (κ3) is 3.49. The van der Waals surface area contributed by atoms with E-state index in [1.165, 1.54) is 12.1 Å². The summed E-state index contributed by atoms with van der Waals surface area (Å²) >= 11 is 0. The van der Waals surface area contributed by atoms with Crippen LogP contribution in [-0.4, -0.2) is 20.1 Å². The van der Waals surface area contributed by atoms with Crippen LogP contribution in [0.4, 0.5) is 5.69 Å². The summed E-state index contributed by atoms with van der Waals surface area (Å²) in [7, 11) is -3.43. The first kappa shape index (κ1) is 15.3. The predicted octanol–water partition coefficient (Wildman–Crippen LogP) is 3.04. The van der Waals surface area contributed by atoms with Gasteiger partial charge in [0.25, 0.3) is 5.91 Å². The van der Waals surface area contributed by atoms with E-state index in [2.05, 4.69) is 5.32 Å². The van der Waals surface area contributed by atoms with E-state index in [1.54, 1.807) is 31.2 Å². The van der Waals surface area contributed by atoms with E-state index >= 15 is 0 Å². The second-order valence-corrected chi connectivity index (χ2v) is 6.97. The van der Waals surface area contributed by atoms with Crippen molar-refractivity contribution >= 4 is 21.4 Å². The second kappa shape index (κ2) is 6.10. The number of anilines is 1. The number of carbonyl (C=O) groups excluding carboxylic acids is 1. The van der Waals surface area contributed by atoms with Gasteiger partial charge in [-0.3, -0.25) is 4.79 Å². The molecule has 1 amide bonds. The Morgan fingerprint density at radius 2 is 1.67 bits per heavy atom. The molecule has 0 saturated carbocycles. The Morgan fingerprint density at radius 3 is 2.29 bits per heavy atom. The van der Waals surface area contributed by atoms with Crippen LogP contribution in [0.2, 0.25) is 0 Å². The lowest BCUT2D eigenvalue weighted by Crippen LogP contribution is -2.17. The van der Waals surface area contributed by atoms with E-state index in [1.807, 2.05) is 19.1 Å². The van der Waals surface area contributed by atoms with E-state index in [9.17, 15) is 13.2 Å². The van der Waals surface area contributed by atoms with Crippen LogP contribution in [0.15, 0.2) is 53.4 Å². The first-order valence-corrected chi connectivity index (χ1v) is 8.29. The maximum atomic E-state index is 12.3. The highest BCUT2D eigenvalue weighted by atomic mass is 32.2. The van der Waals surface area contributed by atoms with Gasteiger partial charge in [-0.15, -0.1) is 0 Å². The molecule has 2 aromatic carbocycles. The fraction of sp³-hybridized carbons (Fsp3) is 0.188. The van der Waals surface area contributed by atoms with Crippen molar-refractivity contribution in [2.75, 3.05) is 11.1 Å². The second-order valence-electron chi connectivity index (χ2n) is 4.72. The molecule has 2 rings (SSSR count). The molecule has 0 atom stereocenters. The normalized spacial score (nSPS) is 11.1. The number of aryl methyl sites for hydroxylation is 1. The van der Waals surface area contributed by atoms with Crippen LogP contribution in [0, 0.1) is 6.92 Å². The molecular weight excluding hydrogens is 286 g/mol. The minimum absolute atomic E-state index is 0.0399. The summed E-state index contributed by atoms with van der Waals surface area (Å²) in [4.78, 5) is 12.4. The lowest BCUT2D eigenvalue weighted by molar-refractivity contribution is 0.102. The quantitative estimate of drug-likeness (QED) is 0.944. The number of sulfone groups is 1. The highest BCUT2D eigenvalue weighted by Crippen LogP contribution is 2.19. The highest BCUT2D eigenvalue weighted by Gasteiger charge is 2.20. The zero-order chi connectivity index (χ0) is 15.5. The van der Waals surface area contributed by atoms with Gasteiger partial charge in [0.15, 0.2) is 9.84 Å². The third-order valence-electron chi connectivity index (χ3n) is 3.16. The average molecular weight is 303 g/mol. The summed E-state index contributed by atoms with van der Waals surface area (Å²) in [5.41, 5.74) is 1.89. The SMILES string of the molecule is CCS(=O)(=O)c1ccccc1C(=O)Nc1ccc(C)cc1. The Morgan fingerprint density at radius 1 is 1.05 bits per heavy atom. The Bertz CT molecular complexity index is 749. The molecule has 4 nitrogen and oxygen atoms in total. The number of rotatable bonds is 4. The van der Waals surface area contributed by atoms with Crippen LogP contribution in [0.25, 0.3) is 0 Å². The van der Waals surface area contributed by atoms with Gasteiger partial charge < -0.3 is 5.32 Å². The monoisotopic (exact) mass is 303 g/mol. The Hall–Kier alpha value is -2.14. The van der Waals surface area contributed by atoms with Gasteiger partial charge >= 0.3 is 0 Å². The first-order chi connectivity index (χ1) is 9.94. The summed E-state index contributed by atoms with van der Waals surface area (Å²) in [6, 6.07) is 13.6. The molecule has 1 N–H and O–H groups in total. The van der Waals surface area contributed by atoms with Gasteiger partial charge in [-0.05, 0) is 31.2 Å². The van der Waals surface area contributed by atoms with E-state index in [0.717, 1.165) is 5.56 Å². The number of nitrogens with one attached hydrogen (secondary N) is 1. The van der Waals surface area contributed by atoms with Gasteiger partial charge in [0.05, 0.1) is 16.2 Å². The number of hydrogen-bond donors (Lipinski definition) is 1. The Kier molecular flexibility index (Phi) is 4.43. The first-order valence-electron chi connectivity index (χ1n) is 6.64. The fourth-order valence-corrected chi connectivity index (χ4v) is 3.01. The van der Waals surface area contributed by atoms with Crippen molar-refractivity contribution in [2.24, 2.45) is 0 Å². The molecule has 0 heterocycles. The summed E-state index contributed by atoms with van der Waals surface area (Å²) in [5, 5.41) is 2.72. The van der Waals surface area contributed by atoms with Crippen LogP contribution in [0.5, 0.6) is 0 Å². The maximum absolute atomic E-state index is 12.3. The highest BCUT2D eigenvalue weighted by molar-refractivity contribution is 7.91. The van der Waals surface area contributed by atoms with Gasteiger partial charge in [-0.1, -0.05) is 36.8 Å².